The Balaban J connectivity index is 2.07. The second-order valence-electron chi connectivity index (χ2n) is 5.61. The van der Waals surface area contributed by atoms with Crippen molar-refractivity contribution < 1.29 is 0 Å². The Labute approximate surface area is 149 Å². The molecule has 6 nitrogen and oxygen atoms in total. The zero-order valence-electron chi connectivity index (χ0n) is 14.1. The minimum atomic E-state index is -0.167. The van der Waals surface area contributed by atoms with Gasteiger partial charge in [0.05, 0.1) is 29.1 Å². The van der Waals surface area contributed by atoms with Gasteiger partial charge in [0.15, 0.2) is 5.82 Å². The summed E-state index contributed by atoms with van der Waals surface area (Å²) in [6, 6.07) is 10.9. The molecule has 25 heavy (non-hydrogen) atoms. The summed E-state index contributed by atoms with van der Waals surface area (Å²) in [7, 11) is 0. The first-order valence-corrected chi connectivity index (χ1v) is 8.85. The summed E-state index contributed by atoms with van der Waals surface area (Å²) >= 11 is 1.49. The van der Waals surface area contributed by atoms with E-state index in [-0.39, 0.29) is 5.56 Å². The van der Waals surface area contributed by atoms with Gasteiger partial charge in [0, 0.05) is 11.9 Å². The highest BCUT2D eigenvalue weighted by molar-refractivity contribution is 7.99. The van der Waals surface area contributed by atoms with Gasteiger partial charge in [-0.15, -0.1) is 0 Å². The highest BCUT2D eigenvalue weighted by Crippen LogP contribution is 2.22. The molecule has 0 saturated carbocycles. The topological polar surface area (TPSA) is 86.5 Å². The minimum Gasteiger partial charge on any atom is -0.328 e. The van der Waals surface area contributed by atoms with Gasteiger partial charge in [-0.1, -0.05) is 24.1 Å². The smallest absolute Gasteiger partial charge is 0.280 e. The maximum atomic E-state index is 12.9. The average molecular weight is 351 g/mol. The summed E-state index contributed by atoms with van der Waals surface area (Å²) in [4.78, 5) is 17.3. The summed E-state index contributed by atoms with van der Waals surface area (Å²) in [6.45, 7) is 3.81. The molecule has 0 spiro atoms. The van der Waals surface area contributed by atoms with Crippen LogP contribution in [0.4, 0.5) is 5.69 Å². The van der Waals surface area contributed by atoms with Crippen molar-refractivity contribution in [3.05, 3.63) is 63.7 Å². The predicted octanol–water partition coefficient (Wildman–Crippen LogP) is 3.41. The van der Waals surface area contributed by atoms with Crippen molar-refractivity contribution in [3.63, 3.8) is 0 Å². The number of H-pyrrole nitrogens is 1. The van der Waals surface area contributed by atoms with E-state index in [0.29, 0.717) is 16.9 Å². The molecular weight excluding hydrogens is 334 g/mol. The van der Waals surface area contributed by atoms with E-state index < -0.39 is 0 Å². The van der Waals surface area contributed by atoms with Gasteiger partial charge in [-0.05, 0) is 43.2 Å². The van der Waals surface area contributed by atoms with Crippen molar-refractivity contribution in [1.29, 1.82) is 5.26 Å². The zero-order valence-corrected chi connectivity index (χ0v) is 14.9. The molecule has 0 saturated heterocycles. The van der Waals surface area contributed by atoms with Gasteiger partial charge in [-0.25, -0.2) is 9.67 Å². The molecule has 7 heteroatoms. The number of rotatable bonds is 4. The first-order valence-electron chi connectivity index (χ1n) is 7.63. The zero-order chi connectivity index (χ0) is 18.0. The molecule has 0 fully saturated rings. The van der Waals surface area contributed by atoms with E-state index in [0.717, 1.165) is 22.5 Å². The largest absolute Gasteiger partial charge is 0.328 e. The fourth-order valence-electron chi connectivity index (χ4n) is 2.64. The van der Waals surface area contributed by atoms with Crippen molar-refractivity contribution in [2.24, 2.45) is 0 Å². The predicted molar refractivity (Wildman–Crippen MR) is 101 cm³/mol. The number of anilines is 1. The molecule has 0 unspecified atom stereocenters. The molecule has 2 N–H and O–H groups in total. The van der Waals surface area contributed by atoms with Gasteiger partial charge in [-0.2, -0.15) is 5.26 Å². The van der Waals surface area contributed by atoms with Gasteiger partial charge < -0.3 is 4.72 Å². The summed E-state index contributed by atoms with van der Waals surface area (Å²) in [5, 5.41) is 12.0. The first-order chi connectivity index (χ1) is 12.0. The van der Waals surface area contributed by atoms with Crippen molar-refractivity contribution in [2.45, 2.75) is 13.8 Å². The maximum absolute atomic E-state index is 12.9. The van der Waals surface area contributed by atoms with E-state index in [1.165, 1.54) is 16.6 Å². The van der Waals surface area contributed by atoms with Crippen LogP contribution in [0, 0.1) is 25.2 Å². The van der Waals surface area contributed by atoms with Crippen LogP contribution in [0.1, 0.15) is 16.8 Å². The van der Waals surface area contributed by atoms with Crippen molar-refractivity contribution in [3.8, 4) is 23.0 Å². The van der Waals surface area contributed by atoms with Crippen LogP contribution in [0.5, 0.6) is 0 Å². The lowest BCUT2D eigenvalue weighted by Gasteiger charge is -2.08. The van der Waals surface area contributed by atoms with Crippen LogP contribution in [-0.4, -0.2) is 21.0 Å². The number of nitrogens with zero attached hydrogens (tertiary/aromatic N) is 3. The van der Waals surface area contributed by atoms with Crippen LogP contribution >= 0.6 is 11.9 Å². The maximum Gasteiger partial charge on any atom is 0.280 e. The fourth-order valence-corrected chi connectivity index (χ4v) is 3.07. The Hall–Kier alpha value is -2.98. The lowest BCUT2D eigenvalue weighted by molar-refractivity contribution is 0.806. The van der Waals surface area contributed by atoms with Crippen LogP contribution in [0.15, 0.2) is 41.3 Å². The van der Waals surface area contributed by atoms with Crippen molar-refractivity contribution in [2.75, 3.05) is 11.0 Å². The first kappa shape index (κ1) is 16.9. The van der Waals surface area contributed by atoms with Crippen LogP contribution in [-0.2, 0) is 0 Å². The third kappa shape index (κ3) is 3.16. The summed E-state index contributed by atoms with van der Waals surface area (Å²) < 4.78 is 4.60. The van der Waals surface area contributed by atoms with Crippen molar-refractivity contribution >= 4 is 17.6 Å². The Morgan fingerprint density at radius 3 is 2.60 bits per heavy atom. The molecule has 2 aromatic heterocycles. The Morgan fingerprint density at radius 1 is 1.28 bits per heavy atom. The van der Waals surface area contributed by atoms with E-state index in [1.54, 1.807) is 30.5 Å². The number of pyridine rings is 1. The molecule has 0 aliphatic heterocycles. The lowest BCUT2D eigenvalue weighted by atomic mass is 10.1. The molecule has 3 rings (SSSR count). The second kappa shape index (κ2) is 6.87. The highest BCUT2D eigenvalue weighted by atomic mass is 32.2. The molecule has 1 aromatic carbocycles. The summed E-state index contributed by atoms with van der Waals surface area (Å²) in [6.07, 6.45) is 3.65. The molecule has 0 amide bonds. The number of hydrogen-bond acceptors (Lipinski definition) is 5. The third-order valence-electron chi connectivity index (χ3n) is 3.91. The second-order valence-corrected chi connectivity index (χ2v) is 6.22. The number of nitriles is 1. The van der Waals surface area contributed by atoms with E-state index in [9.17, 15) is 4.79 Å². The molecular formula is C18H17N5OS. The van der Waals surface area contributed by atoms with E-state index in [2.05, 4.69) is 20.9 Å². The Morgan fingerprint density at radius 2 is 2.00 bits per heavy atom. The molecule has 3 aromatic rings. The van der Waals surface area contributed by atoms with Gasteiger partial charge in [0.25, 0.3) is 5.56 Å². The minimum absolute atomic E-state index is 0.167. The van der Waals surface area contributed by atoms with Crippen LogP contribution in [0.25, 0.3) is 16.9 Å². The Kier molecular flexibility index (Phi) is 4.63. The molecule has 0 bridgehead atoms. The van der Waals surface area contributed by atoms with Gasteiger partial charge >= 0.3 is 0 Å². The molecule has 0 radical (unpaired) electrons. The summed E-state index contributed by atoms with van der Waals surface area (Å²) in [5.41, 5.74) is 4.41. The number of benzene rings is 1. The number of hydrogen-bond donors (Lipinski definition) is 2. The lowest BCUT2D eigenvalue weighted by Crippen LogP contribution is -2.17. The van der Waals surface area contributed by atoms with Gasteiger partial charge in [0.1, 0.15) is 0 Å². The quantitative estimate of drug-likeness (QED) is 0.704. The average Bonchev–Trinajstić information content (AvgIpc) is 2.91. The normalized spacial score (nSPS) is 10.5. The van der Waals surface area contributed by atoms with E-state index in [4.69, 9.17) is 5.26 Å². The summed E-state index contributed by atoms with van der Waals surface area (Å²) in [5.74, 6) is 0.539. The number of aromatic amines is 1. The molecule has 2 heterocycles. The van der Waals surface area contributed by atoms with Gasteiger partial charge in [0.2, 0.25) is 0 Å². The van der Waals surface area contributed by atoms with Crippen LogP contribution < -0.4 is 10.3 Å². The molecule has 0 aliphatic carbocycles. The van der Waals surface area contributed by atoms with Gasteiger partial charge in [-0.3, -0.25) is 9.89 Å². The highest BCUT2D eigenvalue weighted by Gasteiger charge is 2.15. The molecule has 126 valence electrons. The van der Waals surface area contributed by atoms with Crippen LogP contribution in [0.2, 0.25) is 0 Å². The number of aryl methyl sites for hydroxylation is 2. The van der Waals surface area contributed by atoms with Crippen molar-refractivity contribution in [1.82, 2.24) is 14.8 Å². The third-order valence-corrected chi connectivity index (χ3v) is 4.34. The number of nitrogens with one attached hydrogen (secondary N) is 2. The van der Waals surface area contributed by atoms with E-state index >= 15 is 0 Å². The molecule has 0 atom stereocenters. The standard InChI is InChI=1S/C18H17N5OS/c1-11-8-16(20-10-15(11)22-25-3)23-18(24)17(12(2)21-23)14-6-4-13(9-19)5-7-14/h4-8,10,21-22H,1-3H3. The number of aromatic nitrogens is 3. The SMILES string of the molecule is CSNc1cnc(-n2[nH]c(C)c(-c3ccc(C#N)cc3)c2=O)cc1C. The fraction of sp³-hybridized carbons (Fsp3) is 0.167. The Bertz CT molecular complexity index is 1010. The van der Waals surface area contributed by atoms with E-state index in [1.807, 2.05) is 26.2 Å². The monoisotopic (exact) mass is 351 g/mol. The molecule has 0 aliphatic rings. The van der Waals surface area contributed by atoms with Crippen LogP contribution in [0.3, 0.4) is 0 Å².